The van der Waals surface area contributed by atoms with E-state index in [1.165, 1.54) is 12.8 Å². The molecule has 4 nitrogen and oxygen atoms in total. The number of carbonyl (C=O) groups is 1. The summed E-state index contributed by atoms with van der Waals surface area (Å²) in [6.07, 6.45) is 4.36. The molecule has 126 valence electrons. The Morgan fingerprint density at radius 2 is 1.87 bits per heavy atom. The highest BCUT2D eigenvalue weighted by molar-refractivity contribution is 5.68. The second kappa shape index (κ2) is 5.82. The van der Waals surface area contributed by atoms with Crippen molar-refractivity contribution in [1.29, 1.82) is 0 Å². The number of amides is 1. The van der Waals surface area contributed by atoms with Crippen LogP contribution in [0.15, 0.2) is 30.3 Å². The van der Waals surface area contributed by atoms with Crippen molar-refractivity contribution in [2.24, 2.45) is 0 Å². The Balaban J connectivity index is 1.88. The van der Waals surface area contributed by atoms with Gasteiger partial charge in [0.1, 0.15) is 5.60 Å². The van der Waals surface area contributed by atoms with Gasteiger partial charge in [0.25, 0.3) is 0 Å². The van der Waals surface area contributed by atoms with E-state index in [1.54, 1.807) is 0 Å². The lowest BCUT2D eigenvalue weighted by Gasteiger charge is -2.41. The molecule has 1 unspecified atom stereocenters. The van der Waals surface area contributed by atoms with Gasteiger partial charge in [0.2, 0.25) is 0 Å². The van der Waals surface area contributed by atoms with Gasteiger partial charge >= 0.3 is 6.09 Å². The van der Waals surface area contributed by atoms with Gasteiger partial charge in [0.05, 0.1) is 6.04 Å². The van der Waals surface area contributed by atoms with Gasteiger partial charge in [-0.15, -0.1) is 0 Å². The maximum Gasteiger partial charge on any atom is 0.408 e. The maximum absolute atomic E-state index is 12.4. The highest BCUT2D eigenvalue weighted by Gasteiger charge is 2.54. The van der Waals surface area contributed by atoms with Crippen LogP contribution in [0, 0.1) is 0 Å². The summed E-state index contributed by atoms with van der Waals surface area (Å²) in [4.78, 5) is 14.9. The molecule has 2 fully saturated rings. The summed E-state index contributed by atoms with van der Waals surface area (Å²) < 4.78 is 5.52. The Bertz CT molecular complexity index is 556. The summed E-state index contributed by atoms with van der Waals surface area (Å²) >= 11 is 0. The monoisotopic (exact) mass is 316 g/mol. The minimum Gasteiger partial charge on any atom is -0.444 e. The molecule has 1 aromatic rings. The molecule has 0 aromatic heterocycles. The Kier molecular flexibility index (Phi) is 4.13. The Morgan fingerprint density at radius 1 is 1.26 bits per heavy atom. The minimum absolute atomic E-state index is 0.0168. The first kappa shape index (κ1) is 16.3. The van der Waals surface area contributed by atoms with Crippen LogP contribution in [0.4, 0.5) is 4.79 Å². The molecule has 0 spiro atoms. The third-order valence-corrected chi connectivity index (χ3v) is 5.40. The standard InChI is InChI=1S/C19H28N2O2/c1-18(2,3)23-17(22)20-16(14-8-6-5-7-9-14)19-12-10-15(11-13-19)21(19)4/h5-9,15-16H,10-13H2,1-4H3,(H,20,22). The Hall–Kier alpha value is -1.55. The van der Waals surface area contributed by atoms with Crippen molar-refractivity contribution in [1.82, 2.24) is 10.2 Å². The number of benzene rings is 1. The third-order valence-electron chi connectivity index (χ3n) is 5.40. The van der Waals surface area contributed by atoms with Crippen molar-refractivity contribution in [2.75, 3.05) is 7.05 Å². The number of carbonyl (C=O) groups excluding carboxylic acids is 1. The first-order valence-corrected chi connectivity index (χ1v) is 8.59. The number of ether oxygens (including phenoxy) is 1. The lowest BCUT2D eigenvalue weighted by molar-refractivity contribution is 0.0419. The van der Waals surface area contributed by atoms with Gasteiger partial charge in [-0.3, -0.25) is 4.90 Å². The minimum atomic E-state index is -0.483. The predicted octanol–water partition coefficient (Wildman–Crippen LogP) is 3.88. The molecule has 2 heterocycles. The molecule has 23 heavy (non-hydrogen) atoms. The van der Waals surface area contributed by atoms with Gasteiger partial charge in [-0.05, 0) is 59.1 Å². The van der Waals surface area contributed by atoms with E-state index in [1.807, 2.05) is 39.0 Å². The van der Waals surface area contributed by atoms with Crippen molar-refractivity contribution in [3.05, 3.63) is 35.9 Å². The fraction of sp³-hybridized carbons (Fsp3) is 0.632. The zero-order chi connectivity index (χ0) is 16.7. The van der Waals surface area contributed by atoms with E-state index in [0.717, 1.165) is 18.4 Å². The first-order valence-electron chi connectivity index (χ1n) is 8.59. The van der Waals surface area contributed by atoms with Crippen LogP contribution < -0.4 is 5.32 Å². The molecule has 2 bridgehead atoms. The molecular weight excluding hydrogens is 288 g/mol. The van der Waals surface area contributed by atoms with Crippen LogP contribution in [0.25, 0.3) is 0 Å². The lowest BCUT2D eigenvalue weighted by Crippen LogP contribution is -2.51. The van der Waals surface area contributed by atoms with E-state index in [0.29, 0.717) is 6.04 Å². The molecule has 3 rings (SSSR count). The zero-order valence-corrected chi connectivity index (χ0v) is 14.6. The second-order valence-electron chi connectivity index (χ2n) is 7.94. The number of nitrogens with one attached hydrogen (secondary N) is 1. The van der Waals surface area contributed by atoms with Gasteiger partial charge in [0, 0.05) is 11.6 Å². The summed E-state index contributed by atoms with van der Waals surface area (Å²) in [7, 11) is 2.21. The van der Waals surface area contributed by atoms with Crippen molar-refractivity contribution >= 4 is 6.09 Å². The number of hydrogen-bond donors (Lipinski definition) is 1. The van der Waals surface area contributed by atoms with E-state index in [2.05, 4.69) is 29.4 Å². The van der Waals surface area contributed by atoms with Gasteiger partial charge in [0.15, 0.2) is 0 Å². The van der Waals surface area contributed by atoms with Gasteiger partial charge in [-0.2, -0.15) is 0 Å². The number of hydrogen-bond acceptors (Lipinski definition) is 3. The summed E-state index contributed by atoms with van der Waals surface area (Å²) in [5.74, 6) is 0. The molecule has 0 saturated carbocycles. The molecule has 2 aliphatic rings. The van der Waals surface area contributed by atoms with E-state index in [9.17, 15) is 4.79 Å². The molecule has 4 heteroatoms. The van der Waals surface area contributed by atoms with Crippen molar-refractivity contribution in [3.8, 4) is 0 Å². The molecule has 1 aromatic carbocycles. The SMILES string of the molecule is CN1C2CCC1(C(NC(=O)OC(C)(C)C)c1ccccc1)CC2. The topological polar surface area (TPSA) is 41.6 Å². The van der Waals surface area contributed by atoms with E-state index in [4.69, 9.17) is 4.74 Å². The third kappa shape index (κ3) is 3.09. The molecule has 1 amide bonds. The van der Waals surface area contributed by atoms with E-state index >= 15 is 0 Å². The average molecular weight is 316 g/mol. The fourth-order valence-electron chi connectivity index (χ4n) is 4.30. The quantitative estimate of drug-likeness (QED) is 0.920. The van der Waals surface area contributed by atoms with Crippen LogP contribution in [-0.4, -0.2) is 35.2 Å². The molecule has 2 saturated heterocycles. The van der Waals surface area contributed by atoms with Crippen LogP contribution in [-0.2, 0) is 4.74 Å². The average Bonchev–Trinajstić information content (AvgIpc) is 2.98. The zero-order valence-electron chi connectivity index (χ0n) is 14.6. The summed E-state index contributed by atoms with van der Waals surface area (Å²) in [5, 5.41) is 3.18. The number of rotatable bonds is 3. The van der Waals surface area contributed by atoms with Gasteiger partial charge < -0.3 is 10.1 Å². The van der Waals surface area contributed by atoms with Crippen LogP contribution >= 0.6 is 0 Å². The largest absolute Gasteiger partial charge is 0.444 e. The Morgan fingerprint density at radius 3 is 2.35 bits per heavy atom. The molecule has 2 aliphatic heterocycles. The highest BCUT2D eigenvalue weighted by Crippen LogP contribution is 2.51. The normalized spacial score (nSPS) is 28.6. The van der Waals surface area contributed by atoms with Crippen molar-refractivity contribution in [2.45, 2.75) is 69.7 Å². The molecule has 0 aliphatic carbocycles. The van der Waals surface area contributed by atoms with Crippen LogP contribution in [0.5, 0.6) is 0 Å². The smallest absolute Gasteiger partial charge is 0.408 e. The lowest BCUT2D eigenvalue weighted by atomic mass is 9.78. The molecule has 0 radical (unpaired) electrons. The van der Waals surface area contributed by atoms with Gasteiger partial charge in [-0.25, -0.2) is 4.79 Å². The van der Waals surface area contributed by atoms with Crippen LogP contribution in [0.3, 0.4) is 0 Å². The van der Waals surface area contributed by atoms with Gasteiger partial charge in [-0.1, -0.05) is 30.3 Å². The summed E-state index contributed by atoms with van der Waals surface area (Å²) in [5.41, 5.74) is 0.693. The van der Waals surface area contributed by atoms with E-state index < -0.39 is 5.60 Å². The maximum atomic E-state index is 12.4. The van der Waals surface area contributed by atoms with Crippen LogP contribution in [0.1, 0.15) is 58.1 Å². The molecule has 1 N–H and O–H groups in total. The second-order valence-corrected chi connectivity index (χ2v) is 7.94. The van der Waals surface area contributed by atoms with Crippen molar-refractivity contribution < 1.29 is 9.53 Å². The number of fused-ring (bicyclic) bond motifs is 2. The Labute approximate surface area is 139 Å². The number of alkyl carbamates (subject to hydrolysis) is 1. The van der Waals surface area contributed by atoms with Crippen molar-refractivity contribution in [3.63, 3.8) is 0 Å². The number of likely N-dealkylation sites (N-methyl/N-ethyl adjacent to an activating group) is 1. The first-order chi connectivity index (χ1) is 10.8. The highest BCUT2D eigenvalue weighted by atomic mass is 16.6. The van der Waals surface area contributed by atoms with Crippen LogP contribution in [0.2, 0.25) is 0 Å². The number of nitrogens with zero attached hydrogens (tertiary/aromatic N) is 1. The predicted molar refractivity (Wildman–Crippen MR) is 91.3 cm³/mol. The summed E-state index contributed by atoms with van der Waals surface area (Å²) in [6.45, 7) is 5.70. The fourth-order valence-corrected chi connectivity index (χ4v) is 4.30. The summed E-state index contributed by atoms with van der Waals surface area (Å²) in [6, 6.07) is 10.9. The molecular formula is C19H28N2O2. The van der Waals surface area contributed by atoms with E-state index in [-0.39, 0.29) is 17.7 Å². The molecule has 1 atom stereocenters.